The molecule has 1 aliphatic rings. The van der Waals surface area contributed by atoms with Crippen LogP contribution in [0.4, 0.5) is 4.39 Å². The molecule has 1 aromatic heterocycles. The average Bonchev–Trinajstić information content (AvgIpc) is 3.19. The van der Waals surface area contributed by atoms with E-state index in [2.05, 4.69) is 4.90 Å². The zero-order chi connectivity index (χ0) is 20.6. The summed E-state index contributed by atoms with van der Waals surface area (Å²) in [7, 11) is 0. The van der Waals surface area contributed by atoms with Crippen LogP contribution in [-0.4, -0.2) is 54.7 Å². The molecule has 158 valence electrons. The summed E-state index contributed by atoms with van der Waals surface area (Å²) in [5, 5.41) is 0. The maximum Gasteiger partial charge on any atom is 0.289 e. The van der Waals surface area contributed by atoms with Crippen LogP contribution in [0.15, 0.2) is 40.8 Å². The van der Waals surface area contributed by atoms with Crippen LogP contribution in [0.3, 0.4) is 0 Å². The Hall–Kier alpha value is -1.79. The van der Waals surface area contributed by atoms with Crippen molar-refractivity contribution in [2.24, 2.45) is 5.92 Å². The number of amides is 1. The molecule has 0 saturated carbocycles. The molecule has 1 atom stereocenters. The predicted molar refractivity (Wildman–Crippen MR) is 117 cm³/mol. The molecule has 2 heterocycles. The lowest BCUT2D eigenvalue weighted by Crippen LogP contribution is -2.43. The Morgan fingerprint density at radius 3 is 2.97 bits per heavy atom. The van der Waals surface area contributed by atoms with E-state index in [9.17, 15) is 9.18 Å². The van der Waals surface area contributed by atoms with Gasteiger partial charge in [0.15, 0.2) is 5.76 Å². The van der Waals surface area contributed by atoms with Crippen LogP contribution in [0.2, 0.25) is 0 Å². The van der Waals surface area contributed by atoms with E-state index in [1.165, 1.54) is 6.07 Å². The van der Waals surface area contributed by atoms with Crippen molar-refractivity contribution in [1.29, 1.82) is 0 Å². The van der Waals surface area contributed by atoms with Gasteiger partial charge in [-0.25, -0.2) is 4.39 Å². The first-order valence-corrected chi connectivity index (χ1v) is 11.8. The number of rotatable bonds is 9. The van der Waals surface area contributed by atoms with Crippen molar-refractivity contribution in [3.8, 4) is 0 Å². The van der Waals surface area contributed by atoms with Gasteiger partial charge in [-0.2, -0.15) is 11.8 Å². The van der Waals surface area contributed by atoms with E-state index in [1.807, 2.05) is 30.2 Å². The molecule has 1 amide bonds. The zero-order valence-electron chi connectivity index (χ0n) is 17.4. The third-order valence-corrected chi connectivity index (χ3v) is 6.09. The van der Waals surface area contributed by atoms with Crippen molar-refractivity contribution in [3.63, 3.8) is 0 Å². The van der Waals surface area contributed by atoms with Gasteiger partial charge in [0.1, 0.15) is 11.6 Å². The first-order chi connectivity index (χ1) is 14.1. The highest BCUT2D eigenvalue weighted by molar-refractivity contribution is 7.97. The fourth-order valence-corrected chi connectivity index (χ4v) is 4.46. The van der Waals surface area contributed by atoms with Crippen molar-refractivity contribution >= 4 is 17.7 Å². The summed E-state index contributed by atoms with van der Waals surface area (Å²) < 4.78 is 19.1. The molecule has 29 heavy (non-hydrogen) atoms. The molecule has 0 aliphatic carbocycles. The molecule has 4 nitrogen and oxygen atoms in total. The van der Waals surface area contributed by atoms with Crippen LogP contribution in [0.25, 0.3) is 0 Å². The molecule has 0 spiro atoms. The van der Waals surface area contributed by atoms with Gasteiger partial charge in [0.05, 0.1) is 5.75 Å². The van der Waals surface area contributed by atoms with E-state index in [1.54, 1.807) is 30.0 Å². The van der Waals surface area contributed by atoms with Gasteiger partial charge >= 0.3 is 0 Å². The van der Waals surface area contributed by atoms with Crippen molar-refractivity contribution in [2.45, 2.75) is 31.9 Å². The summed E-state index contributed by atoms with van der Waals surface area (Å²) in [6, 6.07) is 10.5. The number of hydrogen-bond donors (Lipinski definition) is 0. The van der Waals surface area contributed by atoms with Crippen LogP contribution in [0.1, 0.15) is 41.6 Å². The second-order valence-corrected chi connectivity index (χ2v) is 8.60. The first-order valence-electron chi connectivity index (χ1n) is 10.4. The van der Waals surface area contributed by atoms with Crippen LogP contribution in [0.5, 0.6) is 0 Å². The Kier molecular flexibility index (Phi) is 8.19. The van der Waals surface area contributed by atoms with Crippen molar-refractivity contribution < 1.29 is 13.6 Å². The highest BCUT2D eigenvalue weighted by Crippen LogP contribution is 2.21. The van der Waals surface area contributed by atoms with Crippen LogP contribution in [-0.2, 0) is 12.2 Å². The minimum atomic E-state index is -0.172. The Morgan fingerprint density at radius 1 is 1.34 bits per heavy atom. The van der Waals surface area contributed by atoms with Gasteiger partial charge in [0, 0.05) is 26.2 Å². The van der Waals surface area contributed by atoms with E-state index in [4.69, 9.17) is 4.42 Å². The van der Waals surface area contributed by atoms with Gasteiger partial charge in [-0.15, -0.1) is 0 Å². The molecule has 1 saturated heterocycles. The molecular formula is C23H31FN2O2S. The Balaban J connectivity index is 1.52. The highest BCUT2D eigenvalue weighted by Gasteiger charge is 2.25. The number of furan rings is 1. The van der Waals surface area contributed by atoms with Gasteiger partial charge in [0.2, 0.25) is 0 Å². The van der Waals surface area contributed by atoms with E-state index in [0.29, 0.717) is 18.2 Å². The quantitative estimate of drug-likeness (QED) is 0.592. The Bertz CT molecular complexity index is 795. The lowest BCUT2D eigenvalue weighted by atomic mass is 9.96. The van der Waals surface area contributed by atoms with Gasteiger partial charge in [-0.1, -0.05) is 12.1 Å². The number of thioether (sulfide) groups is 1. The molecule has 1 fully saturated rings. The monoisotopic (exact) mass is 418 g/mol. The molecule has 0 unspecified atom stereocenters. The maximum atomic E-state index is 13.4. The largest absolute Gasteiger partial charge is 0.455 e. The summed E-state index contributed by atoms with van der Waals surface area (Å²) in [6.45, 7) is 6.43. The number of halogens is 1. The van der Waals surface area contributed by atoms with Crippen LogP contribution in [0, 0.1) is 11.7 Å². The average molecular weight is 419 g/mol. The van der Waals surface area contributed by atoms with Gasteiger partial charge in [-0.3, -0.25) is 4.79 Å². The van der Waals surface area contributed by atoms with E-state index >= 15 is 0 Å². The first kappa shape index (κ1) is 21.9. The minimum absolute atomic E-state index is 0.0169. The summed E-state index contributed by atoms with van der Waals surface area (Å²) >= 11 is 1.68. The molecule has 1 aromatic carbocycles. The Morgan fingerprint density at radius 2 is 2.21 bits per heavy atom. The number of likely N-dealkylation sites (tertiary alicyclic amines) is 1. The zero-order valence-corrected chi connectivity index (χ0v) is 18.2. The molecule has 0 N–H and O–H groups in total. The predicted octanol–water partition coefficient (Wildman–Crippen LogP) is 4.70. The number of nitrogens with zero attached hydrogens (tertiary/aromatic N) is 2. The third kappa shape index (κ3) is 6.34. The minimum Gasteiger partial charge on any atom is -0.455 e. The molecule has 1 aliphatic heterocycles. The van der Waals surface area contributed by atoms with E-state index in [0.717, 1.165) is 62.5 Å². The van der Waals surface area contributed by atoms with Crippen molar-refractivity contribution in [2.75, 3.05) is 39.0 Å². The normalized spacial score (nSPS) is 17.4. The second kappa shape index (κ2) is 10.8. The number of hydrogen-bond acceptors (Lipinski definition) is 4. The fourth-order valence-electron chi connectivity index (χ4n) is 4.02. The number of piperidine rings is 1. The SMILES string of the molecule is CCN(C[C@@H]1CCCN(CCc2cccc(F)c2)C1)C(=O)c1ccc(CSC)o1. The van der Waals surface area contributed by atoms with Crippen LogP contribution >= 0.6 is 11.8 Å². The summed E-state index contributed by atoms with van der Waals surface area (Å²) in [4.78, 5) is 17.2. The molecule has 3 rings (SSSR count). The van der Waals surface area contributed by atoms with E-state index < -0.39 is 0 Å². The van der Waals surface area contributed by atoms with Gasteiger partial charge in [0.25, 0.3) is 5.91 Å². The second-order valence-electron chi connectivity index (χ2n) is 7.73. The maximum absolute atomic E-state index is 13.4. The summed E-state index contributed by atoms with van der Waals surface area (Å²) in [5.41, 5.74) is 1.04. The summed E-state index contributed by atoms with van der Waals surface area (Å²) in [6.07, 6.45) is 5.14. The Labute approximate surface area is 177 Å². The van der Waals surface area contributed by atoms with Gasteiger partial charge < -0.3 is 14.2 Å². The molecule has 0 bridgehead atoms. The molecule has 6 heteroatoms. The third-order valence-electron chi connectivity index (χ3n) is 5.52. The number of benzene rings is 1. The lowest BCUT2D eigenvalue weighted by Gasteiger charge is -2.35. The standard InChI is InChI=1S/C23H31FN2O2S/c1-3-26(23(27)22-10-9-21(28-22)17-29-2)16-19-7-5-12-25(15-19)13-11-18-6-4-8-20(24)14-18/h4,6,8-10,14,19H,3,5,7,11-13,15-17H2,1-2H3/t19-/m1/s1. The van der Waals surface area contributed by atoms with Crippen molar-refractivity contribution in [3.05, 3.63) is 59.3 Å². The van der Waals surface area contributed by atoms with Crippen LogP contribution < -0.4 is 0 Å². The lowest BCUT2D eigenvalue weighted by molar-refractivity contribution is 0.0658. The number of carbonyl (C=O) groups excluding carboxylic acids is 1. The number of carbonyl (C=O) groups is 1. The summed E-state index contributed by atoms with van der Waals surface area (Å²) in [5.74, 6) is 2.34. The highest BCUT2D eigenvalue weighted by atomic mass is 32.2. The fraction of sp³-hybridized carbons (Fsp3) is 0.522. The van der Waals surface area contributed by atoms with Crippen molar-refractivity contribution in [1.82, 2.24) is 9.80 Å². The molecule has 0 radical (unpaired) electrons. The van der Waals surface area contributed by atoms with Gasteiger partial charge in [-0.05, 0) is 74.7 Å². The molecule has 2 aromatic rings. The van der Waals surface area contributed by atoms with E-state index in [-0.39, 0.29) is 11.7 Å². The molecular weight excluding hydrogens is 387 g/mol. The topological polar surface area (TPSA) is 36.7 Å². The smallest absolute Gasteiger partial charge is 0.289 e.